The third-order valence-electron chi connectivity index (χ3n) is 7.09. The number of carbonyl (C=O) groups excluding carboxylic acids is 2. The van der Waals surface area contributed by atoms with Crippen molar-refractivity contribution in [3.63, 3.8) is 0 Å². The number of allylic oxidation sites excluding steroid dienone is 2. The summed E-state index contributed by atoms with van der Waals surface area (Å²) in [7, 11) is 4.83. The van der Waals surface area contributed by atoms with E-state index in [1.165, 1.54) is 19.2 Å². The highest BCUT2D eigenvalue weighted by Gasteiger charge is 2.42. The number of nitro groups is 1. The van der Waals surface area contributed by atoms with Gasteiger partial charge in [0.1, 0.15) is 0 Å². The van der Waals surface area contributed by atoms with E-state index in [9.17, 15) is 19.7 Å². The van der Waals surface area contributed by atoms with Crippen LogP contribution in [0.2, 0.25) is 0 Å². The molecule has 0 saturated heterocycles. The van der Waals surface area contributed by atoms with Gasteiger partial charge in [-0.1, -0.05) is 56.3 Å². The van der Waals surface area contributed by atoms with Gasteiger partial charge in [0.25, 0.3) is 0 Å². The highest BCUT2D eigenvalue weighted by atomic mass is 19.1. The maximum Gasteiger partial charge on any atom is 0.336 e. The smallest absolute Gasteiger partial charge is 0.336 e. The second-order valence-electron chi connectivity index (χ2n) is 10.8. The van der Waals surface area contributed by atoms with E-state index in [-0.39, 0.29) is 23.3 Å². The molecule has 0 aromatic heterocycles. The van der Waals surface area contributed by atoms with E-state index in [0.29, 0.717) is 24.5 Å². The summed E-state index contributed by atoms with van der Waals surface area (Å²) < 4.78 is 26.3. The quantitative estimate of drug-likeness (QED) is 0.225. The number of nitrogens with zero attached hydrogens (tertiary/aromatic N) is 3. The van der Waals surface area contributed by atoms with E-state index in [4.69, 9.17) is 9.47 Å². The van der Waals surface area contributed by atoms with Crippen molar-refractivity contribution < 1.29 is 28.4 Å². The lowest BCUT2D eigenvalue weighted by atomic mass is 9.79. The summed E-state index contributed by atoms with van der Waals surface area (Å²) in [6, 6.07) is 13.7. The fourth-order valence-electron chi connectivity index (χ4n) is 5.09. The summed E-state index contributed by atoms with van der Waals surface area (Å²) in [5.74, 6) is -3.91. The second kappa shape index (κ2) is 12.4. The van der Waals surface area contributed by atoms with Gasteiger partial charge in [-0.25, -0.2) is 9.59 Å². The number of nitro benzene ring substituents is 1. The third kappa shape index (κ3) is 6.56. The van der Waals surface area contributed by atoms with Crippen LogP contribution in [0.1, 0.15) is 44.7 Å². The molecular weight excluding hydrogens is 517 g/mol. The van der Waals surface area contributed by atoms with Gasteiger partial charge in [-0.3, -0.25) is 10.1 Å². The SMILES string of the molecule is COC(=O)C1=C(C)N(C)C(C)=C(C(=O)OCC(C)(C)CN(C)Cc2ccccc2)C1c1cccc([N+](=O)[O-])c1F. The predicted molar refractivity (Wildman–Crippen MR) is 148 cm³/mol. The van der Waals surface area contributed by atoms with Gasteiger partial charge in [0.05, 0.1) is 35.7 Å². The normalized spacial score (nSPS) is 15.9. The van der Waals surface area contributed by atoms with Gasteiger partial charge in [-0.2, -0.15) is 4.39 Å². The first kappa shape index (κ1) is 30.5. The van der Waals surface area contributed by atoms with E-state index in [2.05, 4.69) is 4.90 Å². The third-order valence-corrected chi connectivity index (χ3v) is 7.09. The van der Waals surface area contributed by atoms with Gasteiger partial charge < -0.3 is 19.3 Å². The number of hydrogen-bond donors (Lipinski definition) is 0. The van der Waals surface area contributed by atoms with Crippen LogP contribution in [0, 0.1) is 21.3 Å². The minimum Gasteiger partial charge on any atom is -0.466 e. The van der Waals surface area contributed by atoms with Crippen LogP contribution in [0.5, 0.6) is 0 Å². The molecule has 1 aliphatic heterocycles. The largest absolute Gasteiger partial charge is 0.466 e. The Morgan fingerprint density at radius 3 is 2.23 bits per heavy atom. The van der Waals surface area contributed by atoms with Crippen LogP contribution in [0.15, 0.2) is 71.1 Å². The lowest BCUT2D eigenvalue weighted by molar-refractivity contribution is -0.387. The highest BCUT2D eigenvalue weighted by molar-refractivity contribution is 6.00. The average molecular weight is 554 g/mol. The zero-order chi connectivity index (χ0) is 29.8. The maximum absolute atomic E-state index is 15.5. The van der Waals surface area contributed by atoms with Crippen molar-refractivity contribution in [1.29, 1.82) is 0 Å². The molecule has 0 aliphatic carbocycles. The summed E-state index contributed by atoms with van der Waals surface area (Å²) in [6.07, 6.45) is 0. The molecular formula is C30H36FN3O6. The van der Waals surface area contributed by atoms with Crippen LogP contribution in [0.4, 0.5) is 10.1 Å². The molecule has 10 heteroatoms. The van der Waals surface area contributed by atoms with Crippen LogP contribution in [-0.2, 0) is 25.6 Å². The first-order chi connectivity index (χ1) is 18.8. The predicted octanol–water partition coefficient (Wildman–Crippen LogP) is 5.19. The molecule has 1 heterocycles. The van der Waals surface area contributed by atoms with Crippen molar-refractivity contribution in [2.75, 3.05) is 34.4 Å². The summed E-state index contributed by atoms with van der Waals surface area (Å²) in [5.41, 5.74) is 0.650. The van der Waals surface area contributed by atoms with E-state index >= 15 is 4.39 Å². The fourth-order valence-corrected chi connectivity index (χ4v) is 5.09. The van der Waals surface area contributed by atoms with Crippen molar-refractivity contribution in [3.05, 3.63) is 98.1 Å². The highest BCUT2D eigenvalue weighted by Crippen LogP contribution is 2.44. The van der Waals surface area contributed by atoms with Crippen LogP contribution < -0.4 is 0 Å². The van der Waals surface area contributed by atoms with Crippen LogP contribution in [0.25, 0.3) is 0 Å². The molecule has 3 rings (SSSR count). The van der Waals surface area contributed by atoms with Gasteiger partial charge >= 0.3 is 17.6 Å². The van der Waals surface area contributed by atoms with Crippen molar-refractivity contribution in [3.8, 4) is 0 Å². The van der Waals surface area contributed by atoms with Crippen molar-refractivity contribution in [1.82, 2.24) is 9.80 Å². The molecule has 0 bridgehead atoms. The molecule has 2 aromatic rings. The van der Waals surface area contributed by atoms with E-state index in [0.717, 1.165) is 11.6 Å². The Labute approximate surface area is 234 Å². The number of rotatable bonds is 10. The Morgan fingerprint density at radius 2 is 1.65 bits per heavy atom. The molecule has 0 radical (unpaired) electrons. The molecule has 0 amide bonds. The standard InChI is InChI=1S/C30H36FN3O6/c1-19-24(28(35)39-7)26(22-14-11-15-23(27(22)31)34(37)38)25(20(2)33(19)6)29(36)40-18-30(3,4)17-32(5)16-21-12-9-8-10-13-21/h8-15,26H,16-18H2,1-7H3. The van der Waals surface area contributed by atoms with E-state index in [1.807, 2.05) is 51.2 Å². The zero-order valence-corrected chi connectivity index (χ0v) is 24.0. The first-order valence-electron chi connectivity index (χ1n) is 12.8. The first-order valence-corrected chi connectivity index (χ1v) is 12.8. The van der Waals surface area contributed by atoms with Gasteiger partial charge in [-0.15, -0.1) is 0 Å². The van der Waals surface area contributed by atoms with Gasteiger partial charge in [0.15, 0.2) is 0 Å². The Hall–Kier alpha value is -4.05. The van der Waals surface area contributed by atoms with E-state index in [1.54, 1.807) is 25.8 Å². The van der Waals surface area contributed by atoms with Crippen molar-refractivity contribution >= 4 is 17.6 Å². The van der Waals surface area contributed by atoms with Crippen molar-refractivity contribution in [2.24, 2.45) is 5.41 Å². The molecule has 0 fully saturated rings. The second-order valence-corrected chi connectivity index (χ2v) is 10.8. The topological polar surface area (TPSA) is 102 Å². The van der Waals surface area contributed by atoms with Gasteiger partial charge in [0, 0.05) is 48.6 Å². The van der Waals surface area contributed by atoms with Gasteiger partial charge in [0.2, 0.25) is 5.82 Å². The lowest BCUT2D eigenvalue weighted by Crippen LogP contribution is -2.37. The van der Waals surface area contributed by atoms with Crippen LogP contribution in [0.3, 0.4) is 0 Å². The summed E-state index contributed by atoms with van der Waals surface area (Å²) in [4.78, 5) is 41.1. The Kier molecular flexibility index (Phi) is 9.47. The summed E-state index contributed by atoms with van der Waals surface area (Å²) in [6.45, 7) is 8.62. The summed E-state index contributed by atoms with van der Waals surface area (Å²) >= 11 is 0. The molecule has 9 nitrogen and oxygen atoms in total. The number of methoxy groups -OCH3 is 1. The molecule has 0 N–H and O–H groups in total. The fraction of sp³-hybridized carbons (Fsp3) is 0.400. The Bertz CT molecular complexity index is 1350. The number of carbonyl (C=O) groups is 2. The minimum absolute atomic E-state index is 0.00352. The number of hydrogen-bond acceptors (Lipinski definition) is 8. The van der Waals surface area contributed by atoms with Crippen molar-refractivity contribution in [2.45, 2.75) is 40.2 Å². The molecule has 1 aliphatic rings. The summed E-state index contributed by atoms with van der Waals surface area (Å²) in [5, 5.41) is 11.5. The zero-order valence-electron chi connectivity index (χ0n) is 24.0. The maximum atomic E-state index is 15.5. The molecule has 2 aromatic carbocycles. The van der Waals surface area contributed by atoms with Crippen LogP contribution in [-0.4, -0.2) is 61.0 Å². The number of halogens is 1. The number of ether oxygens (including phenoxy) is 2. The Balaban J connectivity index is 1.94. The molecule has 0 spiro atoms. The number of esters is 2. The average Bonchev–Trinajstić information content (AvgIpc) is 2.90. The number of benzene rings is 2. The van der Waals surface area contributed by atoms with Gasteiger partial charge in [-0.05, 0) is 26.5 Å². The van der Waals surface area contributed by atoms with E-state index < -0.39 is 39.7 Å². The molecule has 0 saturated carbocycles. The minimum atomic E-state index is -1.26. The van der Waals surface area contributed by atoms with Crippen LogP contribution >= 0.6 is 0 Å². The monoisotopic (exact) mass is 553 g/mol. The molecule has 214 valence electrons. The molecule has 1 unspecified atom stereocenters. The molecule has 40 heavy (non-hydrogen) atoms. The molecule has 1 atom stereocenters. The Morgan fingerprint density at radius 1 is 1.05 bits per heavy atom. The lowest BCUT2D eigenvalue weighted by Gasteiger charge is -2.36.